The standard InChI is InChI=1S/C16H23N3O5/c1-9(18-15(22)13(17)10(2)20)14(21)19-12(16(23)24)8-11-6-4-3-5-7-11/h3-7,9-10,12-13,20H,8,17H2,1-2H3,(H,18,22)(H,19,21)(H,23,24)/t9-,10+,12-,13-/m0/s1. The number of aliphatic hydroxyl groups is 1. The van der Waals surface area contributed by atoms with E-state index in [2.05, 4.69) is 10.6 Å². The number of nitrogens with one attached hydrogen (secondary N) is 2. The highest BCUT2D eigenvalue weighted by atomic mass is 16.4. The highest BCUT2D eigenvalue weighted by Crippen LogP contribution is 2.04. The minimum atomic E-state index is -1.17. The van der Waals surface area contributed by atoms with Crippen LogP contribution in [0.25, 0.3) is 0 Å². The van der Waals surface area contributed by atoms with E-state index in [0.29, 0.717) is 0 Å². The number of aliphatic hydroxyl groups excluding tert-OH is 1. The Morgan fingerprint density at radius 2 is 1.67 bits per heavy atom. The number of aliphatic carboxylic acids is 1. The van der Waals surface area contributed by atoms with Crippen LogP contribution in [0, 0.1) is 0 Å². The Kier molecular flexibility index (Phi) is 7.34. The topological polar surface area (TPSA) is 142 Å². The van der Waals surface area contributed by atoms with Gasteiger partial charge in [0.1, 0.15) is 18.1 Å². The van der Waals surface area contributed by atoms with E-state index in [4.69, 9.17) is 5.73 Å². The van der Waals surface area contributed by atoms with E-state index in [-0.39, 0.29) is 6.42 Å². The fourth-order valence-electron chi connectivity index (χ4n) is 1.94. The highest BCUT2D eigenvalue weighted by molar-refractivity contribution is 5.91. The van der Waals surface area contributed by atoms with Crippen LogP contribution in [0.15, 0.2) is 30.3 Å². The Morgan fingerprint density at radius 3 is 2.17 bits per heavy atom. The monoisotopic (exact) mass is 337 g/mol. The van der Waals surface area contributed by atoms with E-state index < -0.39 is 42.0 Å². The first kappa shape index (κ1) is 19.6. The molecule has 0 saturated heterocycles. The van der Waals surface area contributed by atoms with Crippen LogP contribution in [0.4, 0.5) is 0 Å². The molecule has 2 amide bonds. The fraction of sp³-hybridized carbons (Fsp3) is 0.438. The second-order valence-corrected chi connectivity index (χ2v) is 5.59. The summed E-state index contributed by atoms with van der Waals surface area (Å²) in [6, 6.07) is 5.60. The molecule has 0 aromatic heterocycles. The molecule has 0 aliphatic rings. The summed E-state index contributed by atoms with van der Waals surface area (Å²) in [5.41, 5.74) is 6.23. The molecule has 1 rings (SSSR count). The first-order valence-electron chi connectivity index (χ1n) is 7.53. The van der Waals surface area contributed by atoms with Gasteiger partial charge in [0.2, 0.25) is 11.8 Å². The first-order chi connectivity index (χ1) is 11.2. The zero-order valence-electron chi connectivity index (χ0n) is 13.6. The zero-order valence-corrected chi connectivity index (χ0v) is 13.6. The summed E-state index contributed by atoms with van der Waals surface area (Å²) in [4.78, 5) is 35.1. The minimum Gasteiger partial charge on any atom is -0.480 e. The van der Waals surface area contributed by atoms with Crippen molar-refractivity contribution >= 4 is 17.8 Å². The van der Waals surface area contributed by atoms with Crippen molar-refractivity contribution in [3.05, 3.63) is 35.9 Å². The van der Waals surface area contributed by atoms with E-state index in [0.717, 1.165) is 5.56 Å². The number of nitrogens with two attached hydrogens (primary N) is 1. The summed E-state index contributed by atoms with van der Waals surface area (Å²) in [5.74, 6) is -2.52. The number of hydrogen-bond donors (Lipinski definition) is 5. The van der Waals surface area contributed by atoms with Crippen LogP contribution in [-0.4, -0.2) is 52.2 Å². The number of hydrogen-bond acceptors (Lipinski definition) is 5. The van der Waals surface area contributed by atoms with Gasteiger partial charge in [-0.25, -0.2) is 4.79 Å². The molecular formula is C16H23N3O5. The lowest BCUT2D eigenvalue weighted by Gasteiger charge is -2.21. The van der Waals surface area contributed by atoms with Gasteiger partial charge in [-0.3, -0.25) is 9.59 Å². The van der Waals surface area contributed by atoms with Crippen molar-refractivity contribution in [1.29, 1.82) is 0 Å². The van der Waals surface area contributed by atoms with Crippen LogP contribution in [0.3, 0.4) is 0 Å². The highest BCUT2D eigenvalue weighted by Gasteiger charge is 2.26. The molecule has 0 saturated carbocycles. The summed E-state index contributed by atoms with van der Waals surface area (Å²) in [6.45, 7) is 2.76. The summed E-state index contributed by atoms with van der Waals surface area (Å²) < 4.78 is 0. The molecule has 24 heavy (non-hydrogen) atoms. The predicted octanol–water partition coefficient (Wildman–Crippen LogP) is -0.989. The Bertz CT molecular complexity index is 576. The fourth-order valence-corrected chi connectivity index (χ4v) is 1.94. The molecular weight excluding hydrogens is 314 g/mol. The molecule has 1 aromatic rings. The second-order valence-electron chi connectivity index (χ2n) is 5.59. The molecule has 0 aliphatic carbocycles. The van der Waals surface area contributed by atoms with E-state index >= 15 is 0 Å². The van der Waals surface area contributed by atoms with Gasteiger partial charge in [0.05, 0.1) is 6.10 Å². The molecule has 0 aliphatic heterocycles. The van der Waals surface area contributed by atoms with Gasteiger partial charge in [-0.1, -0.05) is 30.3 Å². The SMILES string of the molecule is C[C@H](NC(=O)[C@@H](N)[C@@H](C)O)C(=O)N[C@@H](Cc1ccccc1)C(=O)O. The lowest BCUT2D eigenvalue weighted by molar-refractivity contribution is -0.142. The van der Waals surface area contributed by atoms with Crippen molar-refractivity contribution in [1.82, 2.24) is 10.6 Å². The third kappa shape index (κ3) is 5.98. The van der Waals surface area contributed by atoms with Gasteiger partial charge >= 0.3 is 5.97 Å². The lowest BCUT2D eigenvalue weighted by atomic mass is 10.1. The Labute approximate surface area is 140 Å². The quantitative estimate of drug-likeness (QED) is 0.412. The van der Waals surface area contributed by atoms with Crippen molar-refractivity contribution in [2.24, 2.45) is 5.73 Å². The molecule has 8 nitrogen and oxygen atoms in total. The summed E-state index contributed by atoms with van der Waals surface area (Å²) in [6.07, 6.45) is -0.944. The van der Waals surface area contributed by atoms with Gasteiger partial charge in [0, 0.05) is 6.42 Å². The zero-order chi connectivity index (χ0) is 18.3. The molecule has 0 bridgehead atoms. The number of benzene rings is 1. The number of carboxylic acids is 1. The smallest absolute Gasteiger partial charge is 0.326 e. The van der Waals surface area contributed by atoms with Crippen LogP contribution >= 0.6 is 0 Å². The average molecular weight is 337 g/mol. The van der Waals surface area contributed by atoms with Crippen molar-refractivity contribution in [3.63, 3.8) is 0 Å². The lowest BCUT2D eigenvalue weighted by Crippen LogP contribution is -2.55. The maximum Gasteiger partial charge on any atom is 0.326 e. The third-order valence-electron chi connectivity index (χ3n) is 3.47. The minimum absolute atomic E-state index is 0.121. The largest absolute Gasteiger partial charge is 0.480 e. The number of carboxylic acid groups (broad SMARTS) is 1. The molecule has 0 radical (unpaired) electrons. The number of rotatable bonds is 8. The molecule has 0 heterocycles. The van der Waals surface area contributed by atoms with Crippen LogP contribution in [0.2, 0.25) is 0 Å². The molecule has 0 unspecified atom stereocenters. The average Bonchev–Trinajstić information content (AvgIpc) is 2.53. The molecule has 4 atom stereocenters. The molecule has 0 fully saturated rings. The molecule has 132 valence electrons. The van der Waals surface area contributed by atoms with Crippen molar-refractivity contribution < 1.29 is 24.6 Å². The Hall–Kier alpha value is -2.45. The van der Waals surface area contributed by atoms with Crippen LogP contribution in [-0.2, 0) is 20.8 Å². The second kappa shape index (κ2) is 8.99. The summed E-state index contributed by atoms with van der Waals surface area (Å²) >= 11 is 0. The van der Waals surface area contributed by atoms with Gasteiger partial charge in [-0.2, -0.15) is 0 Å². The maximum absolute atomic E-state index is 12.1. The van der Waals surface area contributed by atoms with Gasteiger partial charge in [-0.15, -0.1) is 0 Å². The third-order valence-corrected chi connectivity index (χ3v) is 3.47. The molecule has 1 aromatic carbocycles. The van der Waals surface area contributed by atoms with Crippen molar-refractivity contribution in [2.45, 2.75) is 44.5 Å². The molecule has 8 heteroatoms. The summed E-state index contributed by atoms with van der Waals surface area (Å²) in [7, 11) is 0. The number of carbonyl (C=O) groups is 3. The van der Waals surface area contributed by atoms with Crippen molar-refractivity contribution in [3.8, 4) is 0 Å². The first-order valence-corrected chi connectivity index (χ1v) is 7.53. The predicted molar refractivity (Wildman–Crippen MR) is 87.0 cm³/mol. The Balaban J connectivity index is 2.64. The normalized spacial score (nSPS) is 15.7. The van der Waals surface area contributed by atoms with Crippen LogP contribution < -0.4 is 16.4 Å². The van der Waals surface area contributed by atoms with E-state index in [1.807, 2.05) is 0 Å². The van der Waals surface area contributed by atoms with Gasteiger partial charge < -0.3 is 26.6 Å². The van der Waals surface area contributed by atoms with E-state index in [9.17, 15) is 24.6 Å². The van der Waals surface area contributed by atoms with E-state index in [1.54, 1.807) is 30.3 Å². The number of amides is 2. The number of carbonyl (C=O) groups excluding carboxylic acids is 2. The van der Waals surface area contributed by atoms with Crippen LogP contribution in [0.5, 0.6) is 0 Å². The van der Waals surface area contributed by atoms with Gasteiger partial charge in [0.25, 0.3) is 0 Å². The Morgan fingerprint density at radius 1 is 1.08 bits per heavy atom. The summed E-state index contributed by atoms with van der Waals surface area (Å²) in [5, 5.41) is 23.2. The maximum atomic E-state index is 12.1. The van der Waals surface area contributed by atoms with E-state index in [1.165, 1.54) is 13.8 Å². The van der Waals surface area contributed by atoms with Crippen LogP contribution in [0.1, 0.15) is 19.4 Å². The van der Waals surface area contributed by atoms with Gasteiger partial charge in [0.15, 0.2) is 0 Å². The van der Waals surface area contributed by atoms with Crippen molar-refractivity contribution in [2.75, 3.05) is 0 Å². The molecule has 0 spiro atoms. The molecule has 6 N–H and O–H groups in total. The van der Waals surface area contributed by atoms with Gasteiger partial charge in [-0.05, 0) is 19.4 Å².